The number of carbonyl (C=O) groups is 4. The van der Waals surface area contributed by atoms with Gasteiger partial charge in [-0.2, -0.15) is 0 Å². The van der Waals surface area contributed by atoms with Gasteiger partial charge in [0, 0.05) is 12.1 Å². The molecule has 0 aliphatic rings. The highest BCUT2D eigenvalue weighted by Gasteiger charge is 2.31. The largest absolute Gasteiger partial charge is 0.485 e. The summed E-state index contributed by atoms with van der Waals surface area (Å²) >= 11 is 0. The van der Waals surface area contributed by atoms with E-state index in [-0.39, 0.29) is 68.8 Å². The van der Waals surface area contributed by atoms with Gasteiger partial charge in [-0.1, -0.05) is 121 Å². The minimum Gasteiger partial charge on any atom is -0.485 e. The lowest BCUT2D eigenvalue weighted by molar-refractivity contribution is -0.150. The summed E-state index contributed by atoms with van der Waals surface area (Å²) in [6.07, 6.45) is -0.963. The van der Waals surface area contributed by atoms with Crippen molar-refractivity contribution in [2.24, 2.45) is 0 Å². The van der Waals surface area contributed by atoms with Crippen LogP contribution in [0.5, 0.6) is 17.2 Å². The summed E-state index contributed by atoms with van der Waals surface area (Å²) in [5, 5.41) is 18.5. The number of aliphatic hydroxyl groups excluding tert-OH is 1. The van der Waals surface area contributed by atoms with Crippen LogP contribution in [0, 0.1) is 0 Å². The monoisotopic (exact) mass is 831 g/mol. The zero-order chi connectivity index (χ0) is 43.2. The second-order valence-corrected chi connectivity index (χ2v) is 14.1. The smallest absolute Gasteiger partial charge is 0.407 e. The molecule has 4 N–H and O–H groups in total. The zero-order valence-electron chi connectivity index (χ0n) is 34.4. The Bertz CT molecular complexity index is 2060. The minimum atomic E-state index is -1.38. The van der Waals surface area contributed by atoms with Crippen LogP contribution < -0.4 is 30.2 Å². The second kappa shape index (κ2) is 24.3. The van der Waals surface area contributed by atoms with Crippen molar-refractivity contribution < 1.29 is 48.0 Å². The molecule has 13 heteroatoms. The summed E-state index contributed by atoms with van der Waals surface area (Å²) in [6, 6.07) is 38.4. The molecule has 320 valence electrons. The molecule has 3 amide bonds. The molecule has 0 aliphatic carbocycles. The number of unbranched alkanes of at least 4 members (excludes halogenated alkanes) is 1. The van der Waals surface area contributed by atoms with E-state index in [2.05, 4.69) is 16.0 Å². The maximum absolute atomic E-state index is 14.3. The predicted octanol–water partition coefficient (Wildman–Crippen LogP) is 7.05. The number of ether oxygens (including phenoxy) is 5. The van der Waals surface area contributed by atoms with Crippen molar-refractivity contribution in [2.45, 2.75) is 77.7 Å². The van der Waals surface area contributed by atoms with Crippen LogP contribution in [0.4, 0.5) is 4.79 Å². The fourth-order valence-corrected chi connectivity index (χ4v) is 6.08. The number of alkyl carbamates (subject to hydrolysis) is 1. The van der Waals surface area contributed by atoms with E-state index in [1.807, 2.05) is 121 Å². The summed E-state index contributed by atoms with van der Waals surface area (Å²) in [6.45, 7) is 3.84. The lowest BCUT2D eigenvalue weighted by Gasteiger charge is -2.24. The third-order valence-corrected chi connectivity index (χ3v) is 9.33. The number of amides is 3. The van der Waals surface area contributed by atoms with Crippen LogP contribution in [0.2, 0.25) is 0 Å². The molecule has 61 heavy (non-hydrogen) atoms. The fourth-order valence-electron chi connectivity index (χ4n) is 6.08. The Labute approximate surface area is 356 Å². The number of carbonyl (C=O) groups excluding carboxylic acids is 4. The summed E-state index contributed by atoms with van der Waals surface area (Å²) in [5.41, 5.74) is 3.61. The molecule has 0 fully saturated rings. The third kappa shape index (κ3) is 15.0. The first kappa shape index (κ1) is 45.2. The fraction of sp³-hybridized carbons (Fsp3) is 0.292. The number of esters is 1. The molecule has 5 aromatic carbocycles. The van der Waals surface area contributed by atoms with Gasteiger partial charge in [-0.3, -0.25) is 9.59 Å². The number of rotatable bonds is 23. The first-order chi connectivity index (χ1) is 29.7. The molecule has 0 heterocycles. The second-order valence-electron chi connectivity index (χ2n) is 14.1. The van der Waals surface area contributed by atoms with Crippen LogP contribution in [-0.4, -0.2) is 60.3 Å². The van der Waals surface area contributed by atoms with Crippen LogP contribution in [0.15, 0.2) is 133 Å². The highest BCUT2D eigenvalue weighted by atomic mass is 16.6. The molecule has 13 nitrogen and oxygen atoms in total. The molecular weight excluding hydrogens is 779 g/mol. The molecule has 5 rings (SSSR count). The van der Waals surface area contributed by atoms with Crippen LogP contribution in [0.25, 0.3) is 0 Å². The van der Waals surface area contributed by atoms with E-state index in [1.54, 1.807) is 6.92 Å². The van der Waals surface area contributed by atoms with Gasteiger partial charge in [0.1, 0.15) is 32.5 Å². The number of nitrogens with one attached hydrogen (secondary N) is 3. The molecule has 5 aromatic rings. The Morgan fingerprint density at radius 1 is 0.607 bits per heavy atom. The van der Waals surface area contributed by atoms with Gasteiger partial charge in [0.15, 0.2) is 17.5 Å². The average Bonchev–Trinajstić information content (AvgIpc) is 3.28. The Kier molecular flexibility index (Phi) is 18.0. The van der Waals surface area contributed by atoms with Gasteiger partial charge < -0.3 is 44.7 Å². The Morgan fingerprint density at radius 2 is 1.08 bits per heavy atom. The van der Waals surface area contributed by atoms with Crippen molar-refractivity contribution in [1.29, 1.82) is 0 Å². The highest BCUT2D eigenvalue weighted by Crippen LogP contribution is 2.40. The summed E-state index contributed by atoms with van der Waals surface area (Å²) < 4.78 is 29.4. The van der Waals surface area contributed by atoms with Crippen LogP contribution in [0.3, 0.4) is 0 Å². The van der Waals surface area contributed by atoms with Crippen LogP contribution in [0.1, 0.15) is 65.7 Å². The van der Waals surface area contributed by atoms with E-state index < -0.39 is 42.1 Å². The molecule has 0 bridgehead atoms. The molecule has 0 aliphatic heterocycles. The quantitative estimate of drug-likeness (QED) is 0.0395. The van der Waals surface area contributed by atoms with E-state index in [0.29, 0.717) is 12.8 Å². The van der Waals surface area contributed by atoms with Gasteiger partial charge in [-0.15, -0.1) is 0 Å². The van der Waals surface area contributed by atoms with Gasteiger partial charge >= 0.3 is 12.1 Å². The molecule has 0 spiro atoms. The lowest BCUT2D eigenvalue weighted by atomic mass is 10.1. The molecule has 0 radical (unpaired) electrons. The van der Waals surface area contributed by atoms with E-state index in [4.69, 9.17) is 23.7 Å². The number of hydrogen-bond donors (Lipinski definition) is 4. The van der Waals surface area contributed by atoms with E-state index in [0.717, 1.165) is 22.3 Å². The average molecular weight is 832 g/mol. The normalized spacial score (nSPS) is 12.2. The first-order valence-electron chi connectivity index (χ1n) is 20.3. The SMILES string of the molecule is CCOC(=O)C(NC(=O)C(CCCCNC(=O)OCc1ccccc1)NC(=O)c1cc(OCc2ccccc2)c(OCc2ccccc2)c(OCc2ccccc2)c1)C(C)O. The van der Waals surface area contributed by atoms with Gasteiger partial charge in [-0.25, -0.2) is 9.59 Å². The molecular formula is C48H53N3O10. The van der Waals surface area contributed by atoms with Crippen molar-refractivity contribution in [1.82, 2.24) is 16.0 Å². The van der Waals surface area contributed by atoms with Crippen LogP contribution >= 0.6 is 0 Å². The third-order valence-electron chi connectivity index (χ3n) is 9.33. The summed E-state index contributed by atoms with van der Waals surface area (Å²) in [4.78, 5) is 53.1. The van der Waals surface area contributed by atoms with Crippen molar-refractivity contribution in [2.75, 3.05) is 13.2 Å². The predicted molar refractivity (Wildman–Crippen MR) is 229 cm³/mol. The molecule has 3 unspecified atom stereocenters. The van der Waals surface area contributed by atoms with E-state index >= 15 is 0 Å². The minimum absolute atomic E-state index is 0.0350. The lowest BCUT2D eigenvalue weighted by Crippen LogP contribution is -2.55. The first-order valence-corrected chi connectivity index (χ1v) is 20.3. The summed E-state index contributed by atoms with van der Waals surface area (Å²) in [5.74, 6) is -1.43. The molecule has 3 atom stereocenters. The van der Waals surface area contributed by atoms with Crippen molar-refractivity contribution in [3.05, 3.63) is 161 Å². The van der Waals surface area contributed by atoms with Gasteiger partial charge in [-0.05, 0) is 67.5 Å². The molecule has 0 aromatic heterocycles. The van der Waals surface area contributed by atoms with Crippen molar-refractivity contribution >= 4 is 23.9 Å². The molecule has 0 saturated heterocycles. The zero-order valence-corrected chi connectivity index (χ0v) is 34.4. The Balaban J connectivity index is 1.38. The van der Waals surface area contributed by atoms with Crippen molar-refractivity contribution in [3.63, 3.8) is 0 Å². The Hall–Kier alpha value is -6.86. The Morgan fingerprint density at radius 3 is 1.56 bits per heavy atom. The van der Waals surface area contributed by atoms with E-state index in [1.165, 1.54) is 19.1 Å². The number of hydrogen-bond acceptors (Lipinski definition) is 10. The maximum atomic E-state index is 14.3. The standard InChI is InChI=1S/C48H53N3O10/c1-3-57-47(55)43(34(2)52)51-46(54)40(26-16-17-27-49-48(56)61-33-38-24-14-7-15-25-38)50-45(53)39-28-41(58-30-35-18-8-4-9-19-35)44(60-32-37-22-12-6-13-23-37)42(29-39)59-31-36-20-10-5-11-21-36/h4-15,18-25,28-29,34,40,43,52H,3,16-17,26-27,30-33H2,1-2H3,(H,49,56)(H,50,53)(H,51,54). The summed E-state index contributed by atoms with van der Waals surface area (Å²) in [7, 11) is 0. The van der Waals surface area contributed by atoms with Gasteiger partial charge in [0.05, 0.1) is 12.7 Å². The van der Waals surface area contributed by atoms with Gasteiger partial charge in [0.25, 0.3) is 5.91 Å². The molecule has 0 saturated carbocycles. The van der Waals surface area contributed by atoms with Gasteiger partial charge in [0.2, 0.25) is 11.7 Å². The number of benzene rings is 5. The number of aliphatic hydroxyl groups is 1. The topological polar surface area (TPSA) is 171 Å². The van der Waals surface area contributed by atoms with E-state index in [9.17, 15) is 24.3 Å². The highest BCUT2D eigenvalue weighted by molar-refractivity contribution is 5.99. The maximum Gasteiger partial charge on any atom is 0.407 e. The van der Waals surface area contributed by atoms with Crippen LogP contribution in [-0.2, 0) is 45.5 Å². The van der Waals surface area contributed by atoms with Crippen molar-refractivity contribution in [3.8, 4) is 17.2 Å².